The lowest BCUT2D eigenvalue weighted by Gasteiger charge is -2.51. The highest BCUT2D eigenvalue weighted by Gasteiger charge is 2.47. The molecule has 0 atom stereocenters. The van der Waals surface area contributed by atoms with Crippen LogP contribution in [0.3, 0.4) is 0 Å². The number of benzene rings is 1. The fraction of sp³-hybridized carbons (Fsp3) is 0.588. The molecule has 1 aliphatic rings. The molecule has 0 saturated carbocycles. The molecule has 25 heavy (non-hydrogen) atoms. The number of carbonyl (C=O) groups is 1. The van der Waals surface area contributed by atoms with Gasteiger partial charge in [0, 0.05) is 29.7 Å². The molecule has 7 nitrogen and oxygen atoms in total. The Morgan fingerprint density at radius 3 is 1.96 bits per heavy atom. The average Bonchev–Trinajstić information content (AvgIpc) is 2.49. The standard InChI is InChI=1S/C17H25N2O5S/c1-16(2)10-13(11-17(3,4)19(16)21)18(5)15(20)12-6-8-14(9-7-12)25(22,23)24/h6-9,13H,10-11H2,1-5H3,(H,22,23,24). The molecular formula is C17H25N2O5S. The van der Waals surface area contributed by atoms with Crippen LogP contribution in [-0.4, -0.2) is 53.0 Å². The molecule has 8 heteroatoms. The summed E-state index contributed by atoms with van der Waals surface area (Å²) >= 11 is 0. The molecule has 1 fully saturated rings. The van der Waals surface area contributed by atoms with Crippen molar-refractivity contribution >= 4 is 16.0 Å². The predicted molar refractivity (Wildman–Crippen MR) is 92.1 cm³/mol. The molecule has 2 rings (SSSR count). The maximum atomic E-state index is 12.7. The van der Waals surface area contributed by atoms with Crippen LogP contribution < -0.4 is 0 Å². The Balaban J connectivity index is 2.22. The third-order valence-corrected chi connectivity index (χ3v) is 5.70. The van der Waals surface area contributed by atoms with Crippen LogP contribution in [0.2, 0.25) is 0 Å². The van der Waals surface area contributed by atoms with Crippen LogP contribution in [0.15, 0.2) is 29.2 Å². The first kappa shape index (κ1) is 19.8. The van der Waals surface area contributed by atoms with Crippen molar-refractivity contribution in [3.8, 4) is 0 Å². The molecule has 1 aliphatic heterocycles. The van der Waals surface area contributed by atoms with Gasteiger partial charge in [0.2, 0.25) is 0 Å². The first-order chi connectivity index (χ1) is 11.3. The molecule has 1 amide bonds. The fourth-order valence-electron chi connectivity index (χ4n) is 3.62. The highest BCUT2D eigenvalue weighted by molar-refractivity contribution is 7.85. The second kappa shape index (κ2) is 6.35. The minimum atomic E-state index is -4.29. The average molecular weight is 369 g/mol. The van der Waals surface area contributed by atoms with Crippen molar-refractivity contribution in [2.24, 2.45) is 0 Å². The Kier molecular flexibility index (Phi) is 5.04. The van der Waals surface area contributed by atoms with Gasteiger partial charge >= 0.3 is 0 Å². The minimum absolute atomic E-state index is 0.107. The normalized spacial score (nSPS) is 21.1. The highest BCUT2D eigenvalue weighted by atomic mass is 32.2. The van der Waals surface area contributed by atoms with E-state index in [4.69, 9.17) is 4.55 Å². The molecule has 1 N–H and O–H groups in total. The Hall–Kier alpha value is -1.48. The number of carbonyl (C=O) groups excluding carboxylic acids is 1. The van der Waals surface area contributed by atoms with Gasteiger partial charge in [-0.05, 0) is 64.8 Å². The van der Waals surface area contributed by atoms with E-state index >= 15 is 0 Å². The zero-order chi connectivity index (χ0) is 19.2. The summed E-state index contributed by atoms with van der Waals surface area (Å²) in [6, 6.07) is 5.04. The molecule has 1 saturated heterocycles. The van der Waals surface area contributed by atoms with Gasteiger partial charge in [0.05, 0.1) is 4.90 Å². The van der Waals surface area contributed by atoms with E-state index in [1.807, 2.05) is 27.7 Å². The number of amides is 1. The second-order valence-electron chi connectivity index (χ2n) is 7.90. The second-order valence-corrected chi connectivity index (χ2v) is 9.32. The molecule has 0 unspecified atom stereocenters. The molecule has 139 valence electrons. The lowest BCUT2D eigenvalue weighted by Crippen LogP contribution is -2.62. The van der Waals surface area contributed by atoms with Crippen molar-refractivity contribution in [3.63, 3.8) is 0 Å². The summed E-state index contributed by atoms with van der Waals surface area (Å²) in [6.45, 7) is 7.47. The van der Waals surface area contributed by atoms with Crippen molar-refractivity contribution in [2.75, 3.05) is 7.05 Å². The Morgan fingerprint density at radius 1 is 1.12 bits per heavy atom. The number of hydroxylamine groups is 2. The van der Waals surface area contributed by atoms with Gasteiger partial charge in [-0.1, -0.05) is 0 Å². The van der Waals surface area contributed by atoms with Gasteiger partial charge in [-0.15, -0.1) is 10.3 Å². The van der Waals surface area contributed by atoms with Crippen LogP contribution in [0, 0.1) is 0 Å². The lowest BCUT2D eigenvalue weighted by molar-refractivity contribution is -0.293. The number of hydrogen-bond donors (Lipinski definition) is 1. The van der Waals surface area contributed by atoms with Crippen LogP contribution in [0.1, 0.15) is 50.9 Å². The van der Waals surface area contributed by atoms with Crippen LogP contribution >= 0.6 is 0 Å². The summed E-state index contributed by atoms with van der Waals surface area (Å²) in [7, 11) is -2.60. The third kappa shape index (κ3) is 4.03. The highest BCUT2D eigenvalue weighted by Crippen LogP contribution is 2.39. The summed E-state index contributed by atoms with van der Waals surface area (Å²) in [4.78, 5) is 14.1. The van der Waals surface area contributed by atoms with Crippen LogP contribution in [0.5, 0.6) is 0 Å². The van der Waals surface area contributed by atoms with Crippen molar-refractivity contribution in [3.05, 3.63) is 29.8 Å². The van der Waals surface area contributed by atoms with Gasteiger partial charge in [0.25, 0.3) is 16.0 Å². The quantitative estimate of drug-likeness (QED) is 0.825. The zero-order valence-electron chi connectivity index (χ0n) is 15.2. The molecule has 1 aromatic carbocycles. The van der Waals surface area contributed by atoms with E-state index in [-0.39, 0.29) is 16.8 Å². The van der Waals surface area contributed by atoms with Crippen LogP contribution in [0.4, 0.5) is 0 Å². The van der Waals surface area contributed by atoms with Crippen LogP contribution in [0.25, 0.3) is 0 Å². The minimum Gasteiger partial charge on any atom is -0.339 e. The molecule has 1 radical (unpaired) electrons. The van der Waals surface area contributed by atoms with E-state index < -0.39 is 21.2 Å². The van der Waals surface area contributed by atoms with E-state index in [1.165, 1.54) is 24.3 Å². The molecule has 0 spiro atoms. The van der Waals surface area contributed by atoms with Crippen molar-refractivity contribution < 1.29 is 23.0 Å². The number of nitrogens with zero attached hydrogens (tertiary/aromatic N) is 2. The Bertz CT molecular complexity index is 738. The smallest absolute Gasteiger partial charge is 0.294 e. The van der Waals surface area contributed by atoms with E-state index in [0.29, 0.717) is 18.4 Å². The Labute approximate surface area is 148 Å². The molecular weight excluding hydrogens is 344 g/mol. The topological polar surface area (TPSA) is 97.8 Å². The summed E-state index contributed by atoms with van der Waals surface area (Å²) in [6.07, 6.45) is 1.09. The van der Waals surface area contributed by atoms with E-state index in [1.54, 1.807) is 11.9 Å². The first-order valence-electron chi connectivity index (χ1n) is 8.08. The van der Waals surface area contributed by atoms with E-state index in [0.717, 1.165) is 5.06 Å². The number of hydrogen-bond acceptors (Lipinski definition) is 4. The van der Waals surface area contributed by atoms with Crippen molar-refractivity contribution in [2.45, 2.75) is 62.6 Å². The van der Waals surface area contributed by atoms with Gasteiger partial charge in [0.15, 0.2) is 0 Å². The van der Waals surface area contributed by atoms with Gasteiger partial charge in [-0.2, -0.15) is 8.42 Å². The third-order valence-electron chi connectivity index (χ3n) is 4.84. The molecule has 1 heterocycles. The van der Waals surface area contributed by atoms with Gasteiger partial charge in [-0.3, -0.25) is 9.35 Å². The van der Waals surface area contributed by atoms with Gasteiger partial charge in [-0.25, -0.2) is 0 Å². The number of rotatable bonds is 3. The number of piperidine rings is 1. The molecule has 0 aliphatic carbocycles. The SMILES string of the molecule is CN(C(=O)c1ccc(S(=O)(=O)O)cc1)C1CC(C)(C)N([O])C(C)(C)C1. The molecule has 0 aromatic heterocycles. The lowest BCUT2D eigenvalue weighted by atomic mass is 9.78. The zero-order valence-corrected chi connectivity index (χ0v) is 16.0. The molecule has 1 aromatic rings. The summed E-state index contributed by atoms with van der Waals surface area (Å²) in [5.74, 6) is -0.252. The van der Waals surface area contributed by atoms with Crippen LogP contribution in [-0.2, 0) is 15.3 Å². The summed E-state index contributed by atoms with van der Waals surface area (Å²) in [5.41, 5.74) is -0.846. The van der Waals surface area contributed by atoms with Crippen molar-refractivity contribution in [1.82, 2.24) is 9.96 Å². The molecule has 0 bridgehead atoms. The van der Waals surface area contributed by atoms with Gasteiger partial charge in [0.1, 0.15) is 0 Å². The van der Waals surface area contributed by atoms with Gasteiger partial charge < -0.3 is 4.90 Å². The van der Waals surface area contributed by atoms with E-state index in [9.17, 15) is 18.4 Å². The monoisotopic (exact) mass is 369 g/mol. The maximum absolute atomic E-state index is 12.7. The first-order valence-corrected chi connectivity index (χ1v) is 9.52. The fourth-order valence-corrected chi connectivity index (χ4v) is 4.10. The van der Waals surface area contributed by atoms with Crippen molar-refractivity contribution in [1.29, 1.82) is 0 Å². The largest absolute Gasteiger partial charge is 0.339 e. The predicted octanol–water partition coefficient (Wildman–Crippen LogP) is 2.37. The summed E-state index contributed by atoms with van der Waals surface area (Å²) in [5, 5.41) is 13.5. The maximum Gasteiger partial charge on any atom is 0.294 e. The Morgan fingerprint density at radius 2 is 1.56 bits per heavy atom. The van der Waals surface area contributed by atoms with E-state index in [2.05, 4.69) is 0 Å². The summed E-state index contributed by atoms with van der Waals surface area (Å²) < 4.78 is 31.2.